The number of hydrogen-bond acceptors (Lipinski definition) is 7. The van der Waals surface area contributed by atoms with Crippen molar-refractivity contribution in [1.29, 1.82) is 0 Å². The number of carboxylic acids is 1. The van der Waals surface area contributed by atoms with Crippen molar-refractivity contribution in [2.75, 3.05) is 37.9 Å². The number of anilines is 1. The molecule has 2 aliphatic heterocycles. The first kappa shape index (κ1) is 16.6. The Kier molecular flexibility index (Phi) is 4.34. The summed E-state index contributed by atoms with van der Waals surface area (Å²) >= 11 is 0. The first-order valence-electron chi connectivity index (χ1n) is 8.56. The fraction of sp³-hybridized carbons (Fsp3) is 0.389. The fourth-order valence-corrected chi connectivity index (χ4v) is 3.29. The van der Waals surface area contributed by atoms with Gasteiger partial charge in [0.05, 0.1) is 5.56 Å². The predicted octanol–water partition coefficient (Wildman–Crippen LogP) is 1.79. The Labute approximate surface area is 151 Å². The lowest BCUT2D eigenvalue weighted by Crippen LogP contribution is -2.47. The Hall–Kier alpha value is -2.87. The molecule has 2 aromatic rings. The number of aromatic carboxylic acids is 1. The molecule has 8 heteroatoms. The Morgan fingerprint density at radius 1 is 1.12 bits per heavy atom. The van der Waals surface area contributed by atoms with Crippen LogP contribution in [0.5, 0.6) is 11.5 Å². The number of ether oxygens (including phenoxy) is 2. The summed E-state index contributed by atoms with van der Waals surface area (Å²) in [4.78, 5) is 23.7. The number of carboxylic acid groups (broad SMARTS) is 1. The van der Waals surface area contributed by atoms with Gasteiger partial charge in [0, 0.05) is 44.6 Å². The molecule has 0 saturated carbocycles. The van der Waals surface area contributed by atoms with Crippen LogP contribution in [0.3, 0.4) is 0 Å². The summed E-state index contributed by atoms with van der Waals surface area (Å²) in [5.74, 6) is 1.16. The lowest BCUT2D eigenvalue weighted by Gasteiger charge is -2.38. The van der Waals surface area contributed by atoms with Crippen LogP contribution in [0.25, 0.3) is 0 Å². The SMILES string of the molecule is CC(c1ccc2c(c1)OCO2)N1CCN(c2ncc(C(=O)O)cn2)CC1. The molecule has 0 aliphatic carbocycles. The third kappa shape index (κ3) is 3.15. The van der Waals surface area contributed by atoms with Crippen LogP contribution in [0.4, 0.5) is 5.95 Å². The van der Waals surface area contributed by atoms with Gasteiger partial charge in [-0.2, -0.15) is 0 Å². The van der Waals surface area contributed by atoms with Crippen molar-refractivity contribution in [3.8, 4) is 11.5 Å². The number of nitrogens with zero attached hydrogens (tertiary/aromatic N) is 4. The van der Waals surface area contributed by atoms with Crippen LogP contribution in [0.1, 0.15) is 28.9 Å². The first-order chi connectivity index (χ1) is 12.6. The van der Waals surface area contributed by atoms with Crippen molar-refractivity contribution in [3.05, 3.63) is 41.7 Å². The van der Waals surface area contributed by atoms with Crippen LogP contribution in [0.2, 0.25) is 0 Å². The van der Waals surface area contributed by atoms with Crippen molar-refractivity contribution in [3.63, 3.8) is 0 Å². The molecule has 8 nitrogen and oxygen atoms in total. The molecule has 0 radical (unpaired) electrons. The van der Waals surface area contributed by atoms with E-state index in [1.165, 1.54) is 18.0 Å². The second-order valence-corrected chi connectivity index (χ2v) is 6.39. The van der Waals surface area contributed by atoms with Crippen LogP contribution in [-0.2, 0) is 0 Å². The Balaban J connectivity index is 1.39. The quantitative estimate of drug-likeness (QED) is 0.887. The molecule has 1 unspecified atom stereocenters. The van der Waals surface area contributed by atoms with Crippen LogP contribution < -0.4 is 14.4 Å². The zero-order chi connectivity index (χ0) is 18.1. The summed E-state index contributed by atoms with van der Waals surface area (Å²) in [7, 11) is 0. The number of carbonyl (C=O) groups is 1. The van der Waals surface area contributed by atoms with Gasteiger partial charge in [-0.1, -0.05) is 6.07 Å². The summed E-state index contributed by atoms with van der Waals surface area (Å²) < 4.78 is 10.8. The zero-order valence-electron chi connectivity index (χ0n) is 14.5. The fourth-order valence-electron chi connectivity index (χ4n) is 3.29. The van der Waals surface area contributed by atoms with Crippen molar-refractivity contribution in [1.82, 2.24) is 14.9 Å². The molecule has 1 fully saturated rings. The van der Waals surface area contributed by atoms with E-state index < -0.39 is 5.97 Å². The van der Waals surface area contributed by atoms with E-state index in [1.807, 2.05) is 12.1 Å². The molecule has 4 rings (SSSR count). The molecule has 0 spiro atoms. The van der Waals surface area contributed by atoms with Crippen LogP contribution >= 0.6 is 0 Å². The molecule has 1 saturated heterocycles. The molecule has 1 aromatic heterocycles. The standard InChI is InChI=1S/C18H20N4O4/c1-12(13-2-3-15-16(8-13)26-11-25-15)21-4-6-22(7-5-21)18-19-9-14(10-20-18)17(23)24/h2-3,8-10,12H,4-7,11H2,1H3,(H,23,24). The second kappa shape index (κ2) is 6.80. The minimum atomic E-state index is -1.01. The molecular weight excluding hydrogens is 336 g/mol. The van der Waals surface area contributed by atoms with E-state index in [4.69, 9.17) is 14.6 Å². The molecule has 2 aliphatic rings. The van der Waals surface area contributed by atoms with Gasteiger partial charge in [0.2, 0.25) is 12.7 Å². The van der Waals surface area contributed by atoms with Crippen LogP contribution in [-0.4, -0.2) is 58.9 Å². The smallest absolute Gasteiger partial charge is 0.338 e. The second-order valence-electron chi connectivity index (χ2n) is 6.39. The highest BCUT2D eigenvalue weighted by molar-refractivity contribution is 5.86. The monoisotopic (exact) mass is 356 g/mol. The lowest BCUT2D eigenvalue weighted by molar-refractivity contribution is 0.0696. The maximum Gasteiger partial charge on any atom is 0.338 e. The summed E-state index contributed by atoms with van der Waals surface area (Å²) in [6.45, 7) is 5.81. The minimum absolute atomic E-state index is 0.101. The zero-order valence-corrected chi connectivity index (χ0v) is 14.5. The highest BCUT2D eigenvalue weighted by Crippen LogP contribution is 2.35. The van der Waals surface area contributed by atoms with Gasteiger partial charge in [-0.05, 0) is 24.6 Å². The van der Waals surface area contributed by atoms with E-state index in [0.29, 0.717) is 5.95 Å². The Bertz CT molecular complexity index is 803. The minimum Gasteiger partial charge on any atom is -0.478 e. The predicted molar refractivity (Wildman–Crippen MR) is 93.8 cm³/mol. The molecule has 0 bridgehead atoms. The third-order valence-electron chi connectivity index (χ3n) is 4.91. The van der Waals surface area contributed by atoms with Crippen molar-refractivity contribution >= 4 is 11.9 Å². The molecule has 1 N–H and O–H groups in total. The van der Waals surface area contributed by atoms with Gasteiger partial charge in [0.25, 0.3) is 0 Å². The molecule has 0 amide bonds. The highest BCUT2D eigenvalue weighted by Gasteiger charge is 2.25. The highest BCUT2D eigenvalue weighted by atomic mass is 16.7. The summed E-state index contributed by atoms with van der Waals surface area (Å²) in [5.41, 5.74) is 1.30. The van der Waals surface area contributed by atoms with E-state index in [1.54, 1.807) is 0 Å². The number of fused-ring (bicyclic) bond motifs is 1. The van der Waals surface area contributed by atoms with E-state index in [0.717, 1.165) is 37.7 Å². The first-order valence-corrected chi connectivity index (χ1v) is 8.56. The topological polar surface area (TPSA) is 88.0 Å². The van der Waals surface area contributed by atoms with E-state index in [9.17, 15) is 4.79 Å². The molecule has 136 valence electrons. The van der Waals surface area contributed by atoms with Gasteiger partial charge in [0.1, 0.15) is 0 Å². The van der Waals surface area contributed by atoms with Gasteiger partial charge >= 0.3 is 5.97 Å². The van der Waals surface area contributed by atoms with Crippen molar-refractivity contribution in [2.45, 2.75) is 13.0 Å². The Morgan fingerprint density at radius 3 is 2.50 bits per heavy atom. The van der Waals surface area contributed by atoms with Crippen molar-refractivity contribution < 1.29 is 19.4 Å². The lowest BCUT2D eigenvalue weighted by atomic mass is 10.1. The van der Waals surface area contributed by atoms with Gasteiger partial charge in [-0.15, -0.1) is 0 Å². The van der Waals surface area contributed by atoms with Gasteiger partial charge < -0.3 is 19.5 Å². The molecule has 26 heavy (non-hydrogen) atoms. The number of piperazine rings is 1. The van der Waals surface area contributed by atoms with Crippen molar-refractivity contribution in [2.24, 2.45) is 0 Å². The summed E-state index contributed by atoms with van der Waals surface area (Å²) in [6.07, 6.45) is 2.71. The Morgan fingerprint density at radius 2 is 1.81 bits per heavy atom. The maximum absolute atomic E-state index is 10.9. The third-order valence-corrected chi connectivity index (χ3v) is 4.91. The molecule has 1 aromatic carbocycles. The molecular formula is C18H20N4O4. The van der Waals surface area contributed by atoms with Gasteiger partial charge in [-0.3, -0.25) is 4.90 Å². The van der Waals surface area contributed by atoms with E-state index in [-0.39, 0.29) is 18.4 Å². The molecule has 3 heterocycles. The number of hydrogen-bond donors (Lipinski definition) is 1. The number of rotatable bonds is 4. The number of benzene rings is 1. The summed E-state index contributed by atoms with van der Waals surface area (Å²) in [6, 6.07) is 6.36. The van der Waals surface area contributed by atoms with Crippen LogP contribution in [0.15, 0.2) is 30.6 Å². The normalized spacial score (nSPS) is 18.0. The summed E-state index contributed by atoms with van der Waals surface area (Å²) in [5, 5.41) is 8.93. The van der Waals surface area contributed by atoms with E-state index in [2.05, 4.69) is 32.8 Å². The largest absolute Gasteiger partial charge is 0.478 e. The van der Waals surface area contributed by atoms with E-state index >= 15 is 0 Å². The van der Waals surface area contributed by atoms with Gasteiger partial charge in [-0.25, -0.2) is 14.8 Å². The van der Waals surface area contributed by atoms with Gasteiger partial charge in [0.15, 0.2) is 11.5 Å². The average Bonchev–Trinajstić information content (AvgIpc) is 3.15. The maximum atomic E-state index is 10.9. The number of aromatic nitrogens is 2. The molecule has 1 atom stereocenters. The average molecular weight is 356 g/mol. The van der Waals surface area contributed by atoms with Crippen LogP contribution in [0, 0.1) is 0 Å².